The Bertz CT molecular complexity index is 475. The highest BCUT2D eigenvalue weighted by molar-refractivity contribution is 5.63. The van der Waals surface area contributed by atoms with Gasteiger partial charge in [-0.2, -0.15) is 0 Å². The van der Waals surface area contributed by atoms with Gasteiger partial charge >= 0.3 is 0 Å². The van der Waals surface area contributed by atoms with Crippen molar-refractivity contribution in [2.75, 3.05) is 11.9 Å². The van der Waals surface area contributed by atoms with E-state index in [-0.39, 0.29) is 23.8 Å². The fourth-order valence-electron chi connectivity index (χ4n) is 1.83. The van der Waals surface area contributed by atoms with Gasteiger partial charge in [-0.1, -0.05) is 0 Å². The third kappa shape index (κ3) is 2.76. The second-order valence-electron chi connectivity index (χ2n) is 4.66. The van der Waals surface area contributed by atoms with E-state index >= 15 is 0 Å². The van der Waals surface area contributed by atoms with Crippen molar-refractivity contribution < 1.29 is 14.4 Å². The van der Waals surface area contributed by atoms with Crippen LogP contribution in [0.2, 0.25) is 0 Å². The maximum Gasteiger partial charge on any atom is 0.295 e. The average Bonchev–Trinajstić information content (AvgIpc) is 3.13. The van der Waals surface area contributed by atoms with Gasteiger partial charge in [0.05, 0.1) is 17.1 Å². The summed E-state index contributed by atoms with van der Waals surface area (Å²) < 4.78 is 13.3. The van der Waals surface area contributed by atoms with Crippen LogP contribution in [0.4, 0.5) is 15.8 Å². The standard InChI is InChI=1S/C12H15FN2O3/c1-7-4-10(11(15(17)18)5-9(7)13)14-6-12(16)8-2-3-8/h4-5,8,12,14,16H,2-3,6H2,1H3. The van der Waals surface area contributed by atoms with Gasteiger partial charge in [0.15, 0.2) is 0 Å². The molecule has 98 valence electrons. The van der Waals surface area contributed by atoms with Gasteiger partial charge in [-0.15, -0.1) is 0 Å². The average molecular weight is 254 g/mol. The highest BCUT2D eigenvalue weighted by Gasteiger charge is 2.29. The number of nitro benzene ring substituents is 1. The maximum atomic E-state index is 13.3. The highest BCUT2D eigenvalue weighted by Crippen LogP contribution is 2.33. The van der Waals surface area contributed by atoms with Crippen LogP contribution in [0, 0.1) is 28.8 Å². The number of halogens is 1. The number of hydrogen-bond donors (Lipinski definition) is 2. The van der Waals surface area contributed by atoms with Crippen molar-refractivity contribution in [1.82, 2.24) is 0 Å². The molecule has 1 unspecified atom stereocenters. The van der Waals surface area contributed by atoms with Gasteiger partial charge in [0.25, 0.3) is 5.69 Å². The Morgan fingerprint density at radius 2 is 2.28 bits per heavy atom. The van der Waals surface area contributed by atoms with Crippen LogP contribution in [0.3, 0.4) is 0 Å². The lowest BCUT2D eigenvalue weighted by Gasteiger charge is -2.12. The van der Waals surface area contributed by atoms with E-state index in [0.717, 1.165) is 18.9 Å². The second-order valence-corrected chi connectivity index (χ2v) is 4.66. The molecule has 0 radical (unpaired) electrons. The summed E-state index contributed by atoms with van der Waals surface area (Å²) >= 11 is 0. The molecule has 1 saturated carbocycles. The van der Waals surface area contributed by atoms with Gasteiger partial charge < -0.3 is 10.4 Å². The molecule has 0 spiro atoms. The maximum absolute atomic E-state index is 13.3. The summed E-state index contributed by atoms with van der Waals surface area (Å²) in [6, 6.07) is 2.30. The Hall–Kier alpha value is -1.69. The number of anilines is 1. The Balaban J connectivity index is 2.14. The minimum Gasteiger partial charge on any atom is -0.391 e. The zero-order valence-electron chi connectivity index (χ0n) is 10.0. The van der Waals surface area contributed by atoms with Crippen LogP contribution >= 0.6 is 0 Å². The van der Waals surface area contributed by atoms with Crippen molar-refractivity contribution >= 4 is 11.4 Å². The van der Waals surface area contributed by atoms with E-state index in [0.29, 0.717) is 5.56 Å². The van der Waals surface area contributed by atoms with E-state index in [2.05, 4.69) is 5.32 Å². The van der Waals surface area contributed by atoms with Crippen LogP contribution in [0.1, 0.15) is 18.4 Å². The normalized spacial score (nSPS) is 16.4. The molecular formula is C12H15FN2O3. The summed E-state index contributed by atoms with van der Waals surface area (Å²) in [5, 5.41) is 23.3. The van der Waals surface area contributed by atoms with Gasteiger partial charge in [-0.3, -0.25) is 10.1 Å². The van der Waals surface area contributed by atoms with E-state index in [1.807, 2.05) is 0 Å². The minimum absolute atomic E-state index is 0.247. The molecule has 2 N–H and O–H groups in total. The number of nitro groups is 1. The topological polar surface area (TPSA) is 75.4 Å². The van der Waals surface area contributed by atoms with Crippen LogP contribution in [-0.4, -0.2) is 22.7 Å². The number of nitrogens with zero attached hydrogens (tertiary/aromatic N) is 1. The molecule has 1 fully saturated rings. The van der Waals surface area contributed by atoms with Crippen LogP contribution < -0.4 is 5.32 Å². The van der Waals surface area contributed by atoms with Gasteiger partial charge in [-0.05, 0) is 37.3 Å². The third-order valence-corrected chi connectivity index (χ3v) is 3.14. The van der Waals surface area contributed by atoms with Crippen molar-refractivity contribution in [3.05, 3.63) is 33.6 Å². The Morgan fingerprint density at radius 3 is 2.83 bits per heavy atom. The quantitative estimate of drug-likeness (QED) is 0.624. The molecule has 0 amide bonds. The molecule has 1 atom stereocenters. The van der Waals surface area contributed by atoms with Crippen molar-refractivity contribution in [2.45, 2.75) is 25.9 Å². The number of nitrogens with one attached hydrogen (secondary N) is 1. The molecule has 0 aromatic heterocycles. The largest absolute Gasteiger partial charge is 0.391 e. The smallest absolute Gasteiger partial charge is 0.295 e. The van der Waals surface area contributed by atoms with Crippen molar-refractivity contribution in [3.63, 3.8) is 0 Å². The summed E-state index contributed by atoms with van der Waals surface area (Å²) in [4.78, 5) is 10.2. The van der Waals surface area contributed by atoms with Gasteiger partial charge in [0.2, 0.25) is 0 Å². The Labute approximate surface area is 104 Å². The van der Waals surface area contributed by atoms with Crippen molar-refractivity contribution in [3.8, 4) is 0 Å². The number of benzene rings is 1. The summed E-state index contributed by atoms with van der Waals surface area (Å²) in [5.74, 6) is -0.312. The lowest BCUT2D eigenvalue weighted by Crippen LogP contribution is -2.21. The molecule has 0 bridgehead atoms. The molecule has 2 rings (SSSR count). The minimum atomic E-state index is -0.631. The van der Waals surface area contributed by atoms with E-state index in [1.165, 1.54) is 6.07 Å². The molecule has 5 nitrogen and oxygen atoms in total. The van der Waals surface area contributed by atoms with Crippen LogP contribution in [0.5, 0.6) is 0 Å². The van der Waals surface area contributed by atoms with Crippen LogP contribution in [0.15, 0.2) is 12.1 Å². The number of hydrogen-bond acceptors (Lipinski definition) is 4. The first-order valence-electron chi connectivity index (χ1n) is 5.85. The molecule has 6 heteroatoms. The first-order chi connectivity index (χ1) is 8.49. The molecule has 0 saturated heterocycles. The zero-order chi connectivity index (χ0) is 13.3. The van der Waals surface area contributed by atoms with Gasteiger partial charge in [0.1, 0.15) is 11.5 Å². The molecule has 1 aromatic rings. The zero-order valence-corrected chi connectivity index (χ0v) is 10.0. The van der Waals surface area contributed by atoms with Crippen LogP contribution in [0.25, 0.3) is 0 Å². The van der Waals surface area contributed by atoms with Gasteiger partial charge in [-0.25, -0.2) is 4.39 Å². The lowest BCUT2D eigenvalue weighted by molar-refractivity contribution is -0.384. The predicted molar refractivity (Wildman–Crippen MR) is 65.0 cm³/mol. The summed E-state index contributed by atoms with van der Waals surface area (Å²) in [6.07, 6.45) is 1.48. The Kier molecular flexibility index (Phi) is 3.47. The third-order valence-electron chi connectivity index (χ3n) is 3.14. The molecule has 1 aliphatic carbocycles. The van der Waals surface area contributed by atoms with Crippen molar-refractivity contribution in [1.29, 1.82) is 0 Å². The number of aliphatic hydroxyl groups excluding tert-OH is 1. The summed E-state index contributed by atoms with van der Waals surface area (Å²) in [7, 11) is 0. The summed E-state index contributed by atoms with van der Waals surface area (Å²) in [6.45, 7) is 1.79. The monoisotopic (exact) mass is 254 g/mol. The molecule has 0 aliphatic heterocycles. The Morgan fingerprint density at radius 1 is 1.61 bits per heavy atom. The van der Waals surface area contributed by atoms with Crippen LogP contribution in [-0.2, 0) is 0 Å². The first-order valence-corrected chi connectivity index (χ1v) is 5.85. The highest BCUT2D eigenvalue weighted by atomic mass is 19.1. The molecule has 1 aliphatic rings. The van der Waals surface area contributed by atoms with E-state index < -0.39 is 16.8 Å². The first kappa shape index (κ1) is 12.8. The second kappa shape index (κ2) is 4.89. The summed E-state index contributed by atoms with van der Waals surface area (Å²) in [5.41, 5.74) is 0.281. The van der Waals surface area contributed by atoms with E-state index in [4.69, 9.17) is 0 Å². The van der Waals surface area contributed by atoms with Crippen molar-refractivity contribution in [2.24, 2.45) is 5.92 Å². The molecule has 1 aromatic carbocycles. The lowest BCUT2D eigenvalue weighted by atomic mass is 10.1. The van der Waals surface area contributed by atoms with E-state index in [9.17, 15) is 19.6 Å². The predicted octanol–water partition coefficient (Wildman–Crippen LogP) is 2.23. The SMILES string of the molecule is Cc1cc(NCC(O)C2CC2)c([N+](=O)[O-])cc1F. The number of aliphatic hydroxyl groups is 1. The molecule has 18 heavy (non-hydrogen) atoms. The fourth-order valence-corrected chi connectivity index (χ4v) is 1.83. The number of rotatable bonds is 5. The van der Waals surface area contributed by atoms with E-state index in [1.54, 1.807) is 6.92 Å². The molecule has 0 heterocycles. The van der Waals surface area contributed by atoms with Gasteiger partial charge in [0, 0.05) is 6.54 Å². The fraction of sp³-hybridized carbons (Fsp3) is 0.500. The number of aryl methyl sites for hydroxylation is 1. The molecular weight excluding hydrogens is 239 g/mol.